The summed E-state index contributed by atoms with van der Waals surface area (Å²) < 4.78 is 81.1. The molecule has 0 atom stereocenters. The van der Waals surface area contributed by atoms with Gasteiger partial charge in [0, 0.05) is 0 Å². The zero-order valence-electron chi connectivity index (χ0n) is 9.09. The lowest BCUT2D eigenvalue weighted by Gasteiger charge is -2.15. The third-order valence-electron chi connectivity index (χ3n) is 1.82. The van der Waals surface area contributed by atoms with Gasteiger partial charge in [0.2, 0.25) is 11.8 Å². The average Bonchev–Trinajstić information content (AvgIpc) is 2.24. The number of aldehydes is 1. The molecule has 1 heterocycles. The van der Waals surface area contributed by atoms with Gasteiger partial charge in [0.1, 0.15) is 5.56 Å². The van der Waals surface area contributed by atoms with Crippen LogP contribution in [-0.4, -0.2) is 24.7 Å². The maximum absolute atomic E-state index is 12.5. The Hall–Kier alpha value is -2.00. The Morgan fingerprint density at radius 3 is 2.11 bits per heavy atom. The molecule has 0 amide bonds. The fourth-order valence-electron chi connectivity index (χ4n) is 1.13. The first-order chi connectivity index (χ1) is 8.58. The van der Waals surface area contributed by atoms with Crippen LogP contribution < -0.4 is 9.47 Å². The van der Waals surface area contributed by atoms with Gasteiger partial charge in [-0.25, -0.2) is 0 Å². The van der Waals surface area contributed by atoms with Crippen LogP contribution in [-0.2, 0) is 6.18 Å². The van der Waals surface area contributed by atoms with E-state index in [9.17, 15) is 31.1 Å². The molecule has 0 aromatic carbocycles. The molecule has 0 saturated carbocycles. The molecule has 1 aromatic rings. The van der Waals surface area contributed by atoms with Crippen molar-refractivity contribution in [2.24, 2.45) is 0 Å². The third-order valence-corrected chi connectivity index (χ3v) is 1.82. The molecular formula is C9H5F6NO3. The van der Waals surface area contributed by atoms with Gasteiger partial charge in [-0.05, 0) is 6.07 Å². The summed E-state index contributed by atoms with van der Waals surface area (Å²) in [4.78, 5) is 13.4. The number of hydrogen-bond donors (Lipinski definition) is 0. The van der Waals surface area contributed by atoms with Gasteiger partial charge in [0.25, 0.3) is 0 Å². The summed E-state index contributed by atoms with van der Waals surface area (Å²) in [5.41, 5.74) is -2.47. The topological polar surface area (TPSA) is 48.4 Å². The van der Waals surface area contributed by atoms with E-state index in [-0.39, 0.29) is 12.4 Å². The smallest absolute Gasteiger partial charge is 0.480 e. The molecule has 0 aliphatic heterocycles. The van der Waals surface area contributed by atoms with Crippen LogP contribution >= 0.6 is 0 Å². The van der Waals surface area contributed by atoms with Crippen LogP contribution in [0.3, 0.4) is 0 Å². The van der Waals surface area contributed by atoms with E-state index in [4.69, 9.17) is 0 Å². The number of pyridine rings is 1. The van der Waals surface area contributed by atoms with E-state index < -0.39 is 35.4 Å². The van der Waals surface area contributed by atoms with Crippen LogP contribution in [0.4, 0.5) is 26.3 Å². The molecular weight excluding hydrogens is 284 g/mol. The summed E-state index contributed by atoms with van der Waals surface area (Å²) in [6.07, 6.45) is -10.4. The fourth-order valence-corrected chi connectivity index (χ4v) is 1.13. The van der Waals surface area contributed by atoms with Gasteiger partial charge in [-0.2, -0.15) is 18.2 Å². The van der Waals surface area contributed by atoms with Gasteiger partial charge in [0.05, 0.1) is 12.7 Å². The second-order valence-electron chi connectivity index (χ2n) is 3.10. The molecule has 0 fully saturated rings. The molecule has 4 nitrogen and oxygen atoms in total. The first kappa shape index (κ1) is 15.1. The number of hydrogen-bond acceptors (Lipinski definition) is 4. The molecule has 0 aliphatic carbocycles. The summed E-state index contributed by atoms with van der Waals surface area (Å²) >= 11 is 0. The highest BCUT2D eigenvalue weighted by atomic mass is 19.4. The molecule has 0 spiro atoms. The van der Waals surface area contributed by atoms with E-state index in [1.807, 2.05) is 0 Å². The standard InChI is InChI=1S/C9H5F6NO3/c1-18-7-5(8(10,11)12)2-4(3-17)6(16-7)19-9(13,14)15/h2-3H,1H3. The summed E-state index contributed by atoms with van der Waals surface area (Å²) in [7, 11) is 0.787. The Morgan fingerprint density at radius 2 is 1.74 bits per heavy atom. The quantitative estimate of drug-likeness (QED) is 0.634. The van der Waals surface area contributed by atoms with Crippen LogP contribution in [0.25, 0.3) is 0 Å². The number of nitrogens with zero attached hydrogens (tertiary/aromatic N) is 1. The number of ether oxygens (including phenoxy) is 2. The molecule has 0 radical (unpaired) electrons. The lowest BCUT2D eigenvalue weighted by Crippen LogP contribution is -2.20. The molecule has 0 bridgehead atoms. The number of alkyl halides is 6. The minimum atomic E-state index is -5.20. The number of methoxy groups -OCH3 is 1. The molecule has 106 valence electrons. The largest absolute Gasteiger partial charge is 0.574 e. The van der Waals surface area contributed by atoms with Crippen LogP contribution in [0.5, 0.6) is 11.8 Å². The molecule has 0 aliphatic rings. The van der Waals surface area contributed by atoms with E-state index in [0.29, 0.717) is 0 Å². The molecule has 0 unspecified atom stereocenters. The summed E-state index contributed by atoms with van der Waals surface area (Å²) in [6.45, 7) is 0. The zero-order chi connectivity index (χ0) is 14.8. The lowest BCUT2D eigenvalue weighted by atomic mass is 10.2. The van der Waals surface area contributed by atoms with Gasteiger partial charge >= 0.3 is 12.5 Å². The normalized spacial score (nSPS) is 12.2. The van der Waals surface area contributed by atoms with E-state index in [1.165, 1.54) is 0 Å². The van der Waals surface area contributed by atoms with Crippen molar-refractivity contribution in [3.05, 3.63) is 17.2 Å². The van der Waals surface area contributed by atoms with E-state index >= 15 is 0 Å². The predicted molar refractivity (Wildman–Crippen MR) is 47.9 cm³/mol. The van der Waals surface area contributed by atoms with E-state index in [2.05, 4.69) is 14.5 Å². The SMILES string of the molecule is COc1nc(OC(F)(F)F)c(C=O)cc1C(F)(F)F. The second-order valence-corrected chi connectivity index (χ2v) is 3.10. The molecule has 1 rings (SSSR count). The van der Waals surface area contributed by atoms with Crippen molar-refractivity contribution in [1.82, 2.24) is 4.98 Å². The third kappa shape index (κ3) is 3.73. The van der Waals surface area contributed by atoms with Crippen molar-refractivity contribution < 1.29 is 40.6 Å². The van der Waals surface area contributed by atoms with Crippen LogP contribution in [0.1, 0.15) is 15.9 Å². The zero-order valence-corrected chi connectivity index (χ0v) is 9.09. The number of carbonyl (C=O) groups is 1. The first-order valence-corrected chi connectivity index (χ1v) is 4.45. The van der Waals surface area contributed by atoms with Crippen molar-refractivity contribution in [3.63, 3.8) is 0 Å². The summed E-state index contributed by atoms with van der Waals surface area (Å²) in [5, 5.41) is 0. The molecule has 0 N–H and O–H groups in total. The van der Waals surface area contributed by atoms with Crippen molar-refractivity contribution in [2.75, 3.05) is 7.11 Å². The van der Waals surface area contributed by atoms with Crippen molar-refractivity contribution >= 4 is 6.29 Å². The van der Waals surface area contributed by atoms with Crippen molar-refractivity contribution in [3.8, 4) is 11.8 Å². The first-order valence-electron chi connectivity index (χ1n) is 4.45. The Morgan fingerprint density at radius 1 is 1.16 bits per heavy atom. The molecule has 0 saturated heterocycles. The number of rotatable bonds is 3. The average molecular weight is 289 g/mol. The molecule has 10 heteroatoms. The monoisotopic (exact) mass is 289 g/mol. The minimum Gasteiger partial charge on any atom is -0.480 e. The van der Waals surface area contributed by atoms with Gasteiger partial charge in [-0.3, -0.25) is 4.79 Å². The van der Waals surface area contributed by atoms with Gasteiger partial charge in [-0.15, -0.1) is 13.2 Å². The highest BCUT2D eigenvalue weighted by Crippen LogP contribution is 2.38. The van der Waals surface area contributed by atoms with E-state index in [0.717, 1.165) is 7.11 Å². The van der Waals surface area contributed by atoms with Gasteiger partial charge in [-0.1, -0.05) is 0 Å². The second kappa shape index (κ2) is 4.94. The summed E-state index contributed by atoms with van der Waals surface area (Å²) in [5.74, 6) is -2.44. The Kier molecular flexibility index (Phi) is 3.91. The maximum Gasteiger partial charge on any atom is 0.574 e. The number of aromatic nitrogens is 1. The maximum atomic E-state index is 12.5. The van der Waals surface area contributed by atoms with Crippen LogP contribution in [0.2, 0.25) is 0 Å². The fraction of sp³-hybridized carbons (Fsp3) is 0.333. The highest BCUT2D eigenvalue weighted by Gasteiger charge is 2.38. The Bertz CT molecular complexity index is 482. The minimum absolute atomic E-state index is 0.167. The van der Waals surface area contributed by atoms with Crippen LogP contribution in [0, 0.1) is 0 Å². The van der Waals surface area contributed by atoms with Crippen molar-refractivity contribution in [1.29, 1.82) is 0 Å². The van der Waals surface area contributed by atoms with E-state index in [1.54, 1.807) is 0 Å². The number of carbonyl (C=O) groups excluding carboxylic acids is 1. The van der Waals surface area contributed by atoms with Gasteiger partial charge < -0.3 is 9.47 Å². The lowest BCUT2D eigenvalue weighted by molar-refractivity contribution is -0.276. The Balaban J connectivity index is 3.40. The molecule has 1 aromatic heterocycles. The summed E-state index contributed by atoms with van der Waals surface area (Å²) in [6, 6.07) is 0.167. The Labute approximate surface area is 101 Å². The predicted octanol–water partition coefficient (Wildman–Crippen LogP) is 2.82. The van der Waals surface area contributed by atoms with Gasteiger partial charge in [0.15, 0.2) is 6.29 Å². The molecule has 19 heavy (non-hydrogen) atoms. The highest BCUT2D eigenvalue weighted by molar-refractivity contribution is 5.79. The van der Waals surface area contributed by atoms with Crippen molar-refractivity contribution in [2.45, 2.75) is 12.5 Å². The number of halogens is 6. The van der Waals surface area contributed by atoms with Crippen LogP contribution in [0.15, 0.2) is 6.07 Å².